The Morgan fingerprint density at radius 1 is 1.00 bits per heavy atom. The highest BCUT2D eigenvalue weighted by Gasteiger charge is 2.20. The number of ketones is 1. The SMILES string of the molecule is C=C(C(=O)c1ccc([N+](=O)[O-])cc1)[C@@H](O)c1ccc2ccccc2c1. The first-order valence-corrected chi connectivity index (χ1v) is 7.62. The van der Waals surface area contributed by atoms with Crippen LogP contribution in [0.3, 0.4) is 0 Å². The number of fused-ring (bicyclic) bond motifs is 1. The topological polar surface area (TPSA) is 80.4 Å². The Kier molecular flexibility index (Phi) is 4.41. The summed E-state index contributed by atoms with van der Waals surface area (Å²) in [7, 11) is 0. The first-order valence-electron chi connectivity index (χ1n) is 7.62. The standard InChI is InChI=1S/C20H15NO4/c1-13(19(22)15-8-10-18(11-9-15)21(24)25)20(23)17-7-6-14-4-2-3-5-16(14)12-17/h2-12,20,23H,1H2/t20-/m1/s1. The smallest absolute Gasteiger partial charge is 0.269 e. The van der Waals surface area contributed by atoms with Crippen molar-refractivity contribution in [3.05, 3.63) is 100 Å². The van der Waals surface area contributed by atoms with Crippen LogP contribution in [0.25, 0.3) is 10.8 Å². The zero-order valence-corrected chi connectivity index (χ0v) is 13.3. The highest BCUT2D eigenvalue weighted by atomic mass is 16.6. The van der Waals surface area contributed by atoms with Crippen molar-refractivity contribution < 1.29 is 14.8 Å². The lowest BCUT2D eigenvalue weighted by atomic mass is 9.94. The number of carbonyl (C=O) groups is 1. The molecule has 5 heteroatoms. The molecule has 1 atom stereocenters. The van der Waals surface area contributed by atoms with Gasteiger partial charge in [0.1, 0.15) is 6.10 Å². The number of nitro groups is 1. The fraction of sp³-hybridized carbons (Fsp3) is 0.0500. The number of Topliss-reactive ketones (excluding diaryl/α,β-unsaturated/α-hetero) is 1. The maximum atomic E-state index is 12.5. The molecule has 3 aromatic rings. The molecule has 0 unspecified atom stereocenters. The predicted molar refractivity (Wildman–Crippen MR) is 95.5 cm³/mol. The van der Waals surface area contributed by atoms with Gasteiger partial charge < -0.3 is 5.11 Å². The van der Waals surface area contributed by atoms with Crippen LogP contribution in [-0.4, -0.2) is 15.8 Å². The summed E-state index contributed by atoms with van der Waals surface area (Å²) in [6.07, 6.45) is -1.15. The summed E-state index contributed by atoms with van der Waals surface area (Å²) in [4.78, 5) is 22.6. The predicted octanol–water partition coefficient (Wildman–Crippen LogP) is 4.22. The highest BCUT2D eigenvalue weighted by molar-refractivity contribution is 6.09. The highest BCUT2D eigenvalue weighted by Crippen LogP contribution is 2.27. The molecule has 3 rings (SSSR count). The monoisotopic (exact) mass is 333 g/mol. The molecule has 0 fully saturated rings. The third-order valence-electron chi connectivity index (χ3n) is 4.05. The maximum Gasteiger partial charge on any atom is 0.269 e. The van der Waals surface area contributed by atoms with Gasteiger partial charge in [-0.3, -0.25) is 14.9 Å². The van der Waals surface area contributed by atoms with Crippen LogP contribution in [0, 0.1) is 10.1 Å². The Balaban J connectivity index is 1.85. The molecule has 0 aliphatic carbocycles. The largest absolute Gasteiger partial charge is 0.384 e. The number of non-ortho nitro benzene ring substituents is 1. The maximum absolute atomic E-state index is 12.5. The fourth-order valence-corrected chi connectivity index (χ4v) is 2.62. The molecule has 0 bridgehead atoms. The molecular formula is C20H15NO4. The van der Waals surface area contributed by atoms with Crippen LogP contribution in [-0.2, 0) is 0 Å². The van der Waals surface area contributed by atoms with Crippen molar-refractivity contribution in [2.75, 3.05) is 0 Å². The quantitative estimate of drug-likeness (QED) is 0.328. The van der Waals surface area contributed by atoms with Crippen LogP contribution in [0.1, 0.15) is 22.0 Å². The van der Waals surface area contributed by atoms with Crippen LogP contribution in [0.4, 0.5) is 5.69 Å². The summed E-state index contributed by atoms with van der Waals surface area (Å²) in [6, 6.07) is 18.4. The summed E-state index contributed by atoms with van der Waals surface area (Å²) >= 11 is 0. The molecule has 25 heavy (non-hydrogen) atoms. The van der Waals surface area contributed by atoms with E-state index in [1.54, 1.807) is 6.07 Å². The van der Waals surface area contributed by atoms with Crippen LogP contribution in [0.15, 0.2) is 78.9 Å². The van der Waals surface area contributed by atoms with Crippen molar-refractivity contribution in [3.63, 3.8) is 0 Å². The van der Waals surface area contributed by atoms with Gasteiger partial charge in [-0.15, -0.1) is 0 Å². The lowest BCUT2D eigenvalue weighted by molar-refractivity contribution is -0.384. The summed E-state index contributed by atoms with van der Waals surface area (Å²) in [5, 5.41) is 23.2. The second kappa shape index (κ2) is 6.67. The molecule has 0 saturated carbocycles. The van der Waals surface area contributed by atoms with E-state index >= 15 is 0 Å². The van der Waals surface area contributed by atoms with Gasteiger partial charge in [0.15, 0.2) is 5.78 Å². The first kappa shape index (κ1) is 16.5. The normalized spacial score (nSPS) is 11.9. The van der Waals surface area contributed by atoms with Crippen molar-refractivity contribution >= 4 is 22.2 Å². The van der Waals surface area contributed by atoms with E-state index in [2.05, 4.69) is 6.58 Å². The van der Waals surface area contributed by atoms with Crippen LogP contribution < -0.4 is 0 Å². The molecule has 0 heterocycles. The second-order valence-corrected chi connectivity index (χ2v) is 5.67. The summed E-state index contributed by atoms with van der Waals surface area (Å²) in [5.74, 6) is -0.449. The number of aliphatic hydroxyl groups is 1. The number of carbonyl (C=O) groups excluding carboxylic acids is 1. The Bertz CT molecular complexity index is 976. The van der Waals surface area contributed by atoms with Crippen molar-refractivity contribution in [1.82, 2.24) is 0 Å². The number of hydrogen-bond acceptors (Lipinski definition) is 4. The van der Waals surface area contributed by atoms with Crippen molar-refractivity contribution in [1.29, 1.82) is 0 Å². The third kappa shape index (κ3) is 3.32. The second-order valence-electron chi connectivity index (χ2n) is 5.67. The van der Waals surface area contributed by atoms with Crippen LogP contribution in [0.5, 0.6) is 0 Å². The van der Waals surface area contributed by atoms with Gasteiger partial charge in [0, 0.05) is 23.3 Å². The van der Waals surface area contributed by atoms with Crippen molar-refractivity contribution in [2.24, 2.45) is 0 Å². The minimum absolute atomic E-state index is 0.0177. The van der Waals surface area contributed by atoms with Gasteiger partial charge in [-0.1, -0.05) is 43.0 Å². The molecule has 0 aliphatic rings. The molecule has 0 spiro atoms. The van der Waals surface area contributed by atoms with Gasteiger partial charge in [-0.25, -0.2) is 0 Å². The van der Waals surface area contributed by atoms with Gasteiger partial charge in [0.25, 0.3) is 5.69 Å². The molecule has 0 radical (unpaired) electrons. The summed E-state index contributed by atoms with van der Waals surface area (Å²) in [6.45, 7) is 3.71. The Morgan fingerprint density at radius 3 is 2.28 bits per heavy atom. The van der Waals surface area contributed by atoms with Crippen LogP contribution >= 0.6 is 0 Å². The van der Waals surface area contributed by atoms with E-state index in [1.807, 2.05) is 36.4 Å². The zero-order chi connectivity index (χ0) is 18.0. The van der Waals surface area contributed by atoms with E-state index in [9.17, 15) is 20.0 Å². The number of benzene rings is 3. The van der Waals surface area contributed by atoms with E-state index in [0.29, 0.717) is 5.56 Å². The third-order valence-corrected chi connectivity index (χ3v) is 4.05. The lowest BCUT2D eigenvalue weighted by Gasteiger charge is -2.14. The summed E-state index contributed by atoms with van der Waals surface area (Å²) < 4.78 is 0. The Morgan fingerprint density at radius 2 is 1.64 bits per heavy atom. The Hall–Kier alpha value is -3.31. The number of hydrogen-bond donors (Lipinski definition) is 1. The van der Waals surface area contributed by atoms with E-state index in [1.165, 1.54) is 24.3 Å². The molecule has 124 valence electrons. The molecule has 0 saturated heterocycles. The number of nitrogens with zero attached hydrogens (tertiary/aromatic N) is 1. The molecule has 5 nitrogen and oxygen atoms in total. The van der Waals surface area contributed by atoms with Crippen LogP contribution in [0.2, 0.25) is 0 Å². The fourth-order valence-electron chi connectivity index (χ4n) is 2.62. The van der Waals surface area contributed by atoms with Gasteiger partial charge in [-0.05, 0) is 34.5 Å². The first-order chi connectivity index (χ1) is 12.0. The van der Waals surface area contributed by atoms with Gasteiger partial charge in [-0.2, -0.15) is 0 Å². The van der Waals surface area contributed by atoms with Gasteiger partial charge >= 0.3 is 0 Å². The minimum Gasteiger partial charge on any atom is -0.384 e. The molecule has 3 aromatic carbocycles. The number of nitro benzene ring substituents is 1. The molecule has 0 aromatic heterocycles. The number of rotatable bonds is 5. The molecule has 0 aliphatic heterocycles. The lowest BCUT2D eigenvalue weighted by Crippen LogP contribution is -2.11. The molecule has 0 amide bonds. The molecular weight excluding hydrogens is 318 g/mol. The average Bonchev–Trinajstić information content (AvgIpc) is 2.65. The van der Waals surface area contributed by atoms with Crippen molar-refractivity contribution in [2.45, 2.75) is 6.10 Å². The summed E-state index contributed by atoms with van der Waals surface area (Å²) in [5.41, 5.74) is 0.732. The van der Waals surface area contributed by atoms with E-state index in [0.717, 1.165) is 10.8 Å². The Labute approximate surface area is 144 Å². The zero-order valence-electron chi connectivity index (χ0n) is 13.3. The van der Waals surface area contributed by atoms with E-state index in [-0.39, 0.29) is 16.8 Å². The average molecular weight is 333 g/mol. The van der Waals surface area contributed by atoms with E-state index < -0.39 is 16.8 Å². The molecule has 1 N–H and O–H groups in total. The van der Waals surface area contributed by atoms with Gasteiger partial charge in [0.2, 0.25) is 0 Å². The minimum atomic E-state index is -1.15. The van der Waals surface area contributed by atoms with E-state index in [4.69, 9.17) is 0 Å². The van der Waals surface area contributed by atoms with Crippen molar-refractivity contribution in [3.8, 4) is 0 Å². The van der Waals surface area contributed by atoms with Gasteiger partial charge in [0.05, 0.1) is 4.92 Å². The number of aliphatic hydroxyl groups excluding tert-OH is 1.